The van der Waals surface area contributed by atoms with E-state index in [9.17, 15) is 50.1 Å². The van der Waals surface area contributed by atoms with Gasteiger partial charge in [0, 0.05) is 20.3 Å². The lowest BCUT2D eigenvalue weighted by Crippen LogP contribution is -2.72. The van der Waals surface area contributed by atoms with Gasteiger partial charge in [0.05, 0.1) is 43.0 Å². The average Bonchev–Trinajstić information content (AvgIpc) is 2.93. The van der Waals surface area contributed by atoms with E-state index in [-0.39, 0.29) is 0 Å². The van der Waals surface area contributed by atoms with Crippen molar-refractivity contribution < 1.29 is 73.8 Å². The minimum absolute atomic E-state index is 0.606. The van der Waals surface area contributed by atoms with E-state index >= 15 is 0 Å². The highest BCUT2D eigenvalue weighted by molar-refractivity contribution is 5.76. The molecule has 19 nitrogen and oxygen atoms in total. The van der Waals surface area contributed by atoms with Crippen LogP contribution in [0.3, 0.4) is 0 Å². The average molecular weight is 641 g/mol. The number of nitrogens with one attached hydrogen (secondary N) is 2. The summed E-state index contributed by atoms with van der Waals surface area (Å²) in [5, 5.41) is 78.0. The number of nitrogens with two attached hydrogens (primary N) is 2. The number of rotatable bonds is 10. The second kappa shape index (κ2) is 14.5. The van der Waals surface area contributed by atoms with Crippen LogP contribution in [0.2, 0.25) is 0 Å². The van der Waals surface area contributed by atoms with E-state index in [1.54, 1.807) is 0 Å². The van der Waals surface area contributed by atoms with Gasteiger partial charge < -0.3 is 81.5 Å². The second-order valence-corrected chi connectivity index (χ2v) is 11.4. The van der Waals surface area contributed by atoms with E-state index in [1.807, 2.05) is 0 Å². The molecule has 0 aliphatic carbocycles. The molecule has 3 aliphatic rings. The summed E-state index contributed by atoms with van der Waals surface area (Å²) in [5.74, 6) is -5.70. The lowest BCUT2D eigenvalue weighted by atomic mass is 9.87. The Bertz CT molecular complexity index is 1020. The van der Waals surface area contributed by atoms with Gasteiger partial charge in [0.1, 0.15) is 42.7 Å². The first-order valence-corrected chi connectivity index (χ1v) is 14.1. The molecule has 0 aromatic rings. The van der Waals surface area contributed by atoms with Gasteiger partial charge in [-0.25, -0.2) is 4.79 Å². The molecule has 19 heteroatoms. The Morgan fingerprint density at radius 1 is 1.02 bits per heavy atom. The Hall–Kier alpha value is -2.11. The predicted octanol–water partition coefficient (Wildman–Crippen LogP) is -6.09. The first kappa shape index (κ1) is 36.4. The smallest absolute Gasteiger partial charge is 0.364 e. The van der Waals surface area contributed by atoms with Crippen molar-refractivity contribution >= 4 is 17.8 Å². The summed E-state index contributed by atoms with van der Waals surface area (Å²) < 4.78 is 28.4. The summed E-state index contributed by atoms with van der Waals surface area (Å²) in [5.41, 5.74) is 12.4. The van der Waals surface area contributed by atoms with Crippen molar-refractivity contribution in [1.29, 1.82) is 0 Å². The predicted molar refractivity (Wildman–Crippen MR) is 143 cm³/mol. The lowest BCUT2D eigenvalue weighted by molar-refractivity contribution is -0.356. The molecule has 3 saturated heterocycles. The summed E-state index contributed by atoms with van der Waals surface area (Å²) in [6.07, 6.45) is -17.4. The quantitative estimate of drug-likeness (QED) is 0.106. The van der Waals surface area contributed by atoms with Crippen molar-refractivity contribution in [3.8, 4) is 0 Å². The first-order chi connectivity index (χ1) is 20.4. The molecular weight excluding hydrogens is 596 g/mol. The Balaban J connectivity index is 1.94. The highest BCUT2D eigenvalue weighted by atomic mass is 16.7. The molecule has 0 bridgehead atoms. The molecule has 0 saturated carbocycles. The van der Waals surface area contributed by atoms with E-state index < -0.39 is 128 Å². The van der Waals surface area contributed by atoms with Crippen LogP contribution in [-0.4, -0.2) is 158 Å². The Morgan fingerprint density at radius 3 is 2.18 bits per heavy atom. The number of aliphatic hydroxyl groups is 6. The van der Waals surface area contributed by atoms with Crippen LogP contribution in [-0.2, 0) is 38.1 Å². The Kier molecular flexibility index (Phi) is 12.0. The Labute approximate surface area is 252 Å². The second-order valence-electron chi connectivity index (χ2n) is 11.4. The number of aliphatic hydroxyl groups excluding tert-OH is 6. The summed E-state index contributed by atoms with van der Waals surface area (Å²) in [7, 11) is 0. The molecule has 0 aromatic heterocycles. The van der Waals surface area contributed by atoms with E-state index in [0.29, 0.717) is 0 Å². The zero-order chi connectivity index (χ0) is 33.3. The highest BCUT2D eigenvalue weighted by Gasteiger charge is 2.59. The Morgan fingerprint density at radius 2 is 1.66 bits per heavy atom. The van der Waals surface area contributed by atoms with Gasteiger partial charge in [-0.05, 0) is 13.8 Å². The maximum absolute atomic E-state index is 12.7. The molecule has 3 heterocycles. The number of carboxylic acid groups (broad SMARTS) is 1. The molecule has 254 valence electrons. The molecule has 3 fully saturated rings. The van der Waals surface area contributed by atoms with Crippen LogP contribution in [0.1, 0.15) is 34.1 Å². The largest absolute Gasteiger partial charge is 0.477 e. The zero-order valence-corrected chi connectivity index (χ0v) is 24.6. The third-order valence-corrected chi connectivity index (χ3v) is 7.92. The zero-order valence-electron chi connectivity index (χ0n) is 24.6. The SMILES string of the molecule is CC(=O)N[C@@H]1[C@@H](O[C@@H]2O[C@@H](C)[C@@H](O)[C@@H](O[C@]3(C(=O)O)C[C@H](O)[C@@H](N)[C@H]([C@H](NC(C)=O)[C@H](C)O)O3)[C@@H]2N)[C@H](O)[C@@H](CO)O[C@@H]1O. The maximum Gasteiger partial charge on any atom is 0.364 e. The molecule has 2 amide bonds. The maximum atomic E-state index is 12.7. The molecule has 44 heavy (non-hydrogen) atoms. The molecule has 3 aliphatic heterocycles. The van der Waals surface area contributed by atoms with Crippen LogP contribution in [0.15, 0.2) is 0 Å². The lowest BCUT2D eigenvalue weighted by Gasteiger charge is -2.51. The van der Waals surface area contributed by atoms with E-state index in [2.05, 4.69) is 10.6 Å². The molecule has 0 radical (unpaired) electrons. The van der Waals surface area contributed by atoms with Gasteiger partial charge in [0.2, 0.25) is 11.8 Å². The van der Waals surface area contributed by atoms with Crippen LogP contribution < -0.4 is 22.1 Å². The number of hydrogen-bond donors (Lipinski definition) is 11. The van der Waals surface area contributed by atoms with Gasteiger partial charge in [-0.1, -0.05) is 0 Å². The van der Waals surface area contributed by atoms with Crippen molar-refractivity contribution in [3.05, 3.63) is 0 Å². The fourth-order valence-corrected chi connectivity index (χ4v) is 5.58. The molecule has 0 aromatic carbocycles. The number of amides is 2. The third kappa shape index (κ3) is 7.64. The highest BCUT2D eigenvalue weighted by Crippen LogP contribution is 2.37. The van der Waals surface area contributed by atoms with E-state index in [0.717, 1.165) is 13.8 Å². The van der Waals surface area contributed by atoms with E-state index in [1.165, 1.54) is 13.8 Å². The number of carboxylic acids is 1. The van der Waals surface area contributed by atoms with Crippen molar-refractivity contribution in [1.82, 2.24) is 10.6 Å². The number of ether oxygens (including phenoxy) is 5. The molecule has 16 atom stereocenters. The van der Waals surface area contributed by atoms with Gasteiger partial charge in [0.25, 0.3) is 5.79 Å². The van der Waals surface area contributed by atoms with Gasteiger partial charge in [0.15, 0.2) is 12.6 Å². The van der Waals surface area contributed by atoms with Crippen molar-refractivity contribution in [2.45, 2.75) is 132 Å². The normalized spacial score (nSPS) is 44.3. The molecule has 3 rings (SSSR count). The summed E-state index contributed by atoms with van der Waals surface area (Å²) in [6, 6.07) is -5.48. The van der Waals surface area contributed by atoms with Gasteiger partial charge >= 0.3 is 5.97 Å². The minimum atomic E-state index is -2.72. The monoisotopic (exact) mass is 640 g/mol. The van der Waals surface area contributed by atoms with Crippen LogP contribution >= 0.6 is 0 Å². The van der Waals surface area contributed by atoms with Crippen molar-refractivity contribution in [3.63, 3.8) is 0 Å². The topological polar surface area (TPSA) is 315 Å². The number of carbonyl (C=O) groups is 3. The standard InChI is InChI=1S/C25H44N4O15/c1-7(31)15(28-9(3)32)19-13(26)11(34)5-25(43-19,24(38)39)44-20-14(27)23(40-8(2)17(20)35)42-21-16(29-10(4)33)22(37)41-12(6-30)18(21)36/h7-8,11-23,30-31,34-37H,5-6,26-27H2,1-4H3,(H,28,32)(H,29,33)(H,38,39)/t7-,8-,11-,12+,13+,14-,15+,16+,17+,18+,19+,20-,21+,22-,23-,25-/m0/s1. The number of aliphatic carboxylic acids is 1. The first-order valence-electron chi connectivity index (χ1n) is 14.1. The van der Waals surface area contributed by atoms with Gasteiger partial charge in [-0.2, -0.15) is 0 Å². The molecule has 0 unspecified atom stereocenters. The molecule has 13 N–H and O–H groups in total. The van der Waals surface area contributed by atoms with Gasteiger partial charge in [-0.3, -0.25) is 9.59 Å². The van der Waals surface area contributed by atoms with Crippen molar-refractivity contribution in [2.75, 3.05) is 6.61 Å². The van der Waals surface area contributed by atoms with Gasteiger partial charge in [-0.15, -0.1) is 0 Å². The molecule has 0 spiro atoms. The minimum Gasteiger partial charge on any atom is -0.477 e. The van der Waals surface area contributed by atoms with Crippen LogP contribution in [0.4, 0.5) is 0 Å². The summed E-state index contributed by atoms with van der Waals surface area (Å²) in [4.78, 5) is 36.3. The van der Waals surface area contributed by atoms with Crippen LogP contribution in [0.25, 0.3) is 0 Å². The van der Waals surface area contributed by atoms with Crippen LogP contribution in [0, 0.1) is 0 Å². The number of carbonyl (C=O) groups excluding carboxylic acids is 2. The third-order valence-electron chi connectivity index (χ3n) is 7.92. The molecular formula is C25H44N4O15. The van der Waals surface area contributed by atoms with Crippen molar-refractivity contribution in [2.24, 2.45) is 11.5 Å². The summed E-state index contributed by atoms with van der Waals surface area (Å²) in [6.45, 7) is 4.22. The summed E-state index contributed by atoms with van der Waals surface area (Å²) >= 11 is 0. The fraction of sp³-hybridized carbons (Fsp3) is 0.880. The number of hydrogen-bond acceptors (Lipinski definition) is 16. The fourth-order valence-electron chi connectivity index (χ4n) is 5.58. The van der Waals surface area contributed by atoms with E-state index in [4.69, 9.17) is 35.2 Å². The van der Waals surface area contributed by atoms with Crippen LogP contribution in [0.5, 0.6) is 0 Å².